The van der Waals surface area contributed by atoms with Crippen molar-refractivity contribution in [1.82, 2.24) is 14.7 Å². The fourth-order valence-corrected chi connectivity index (χ4v) is 5.78. The summed E-state index contributed by atoms with van der Waals surface area (Å²) in [6, 6.07) is 15.5. The van der Waals surface area contributed by atoms with E-state index in [4.69, 9.17) is 16.3 Å². The molecule has 3 aromatic rings. The van der Waals surface area contributed by atoms with Crippen molar-refractivity contribution in [2.75, 3.05) is 6.54 Å². The van der Waals surface area contributed by atoms with E-state index in [9.17, 15) is 13.2 Å². The molecule has 10 heteroatoms. The van der Waals surface area contributed by atoms with Crippen molar-refractivity contribution in [2.45, 2.75) is 37.3 Å². The number of esters is 1. The molecule has 1 fully saturated rings. The molecule has 0 amide bonds. The number of rotatable bonds is 4. The second-order valence-electron chi connectivity index (χ2n) is 7.95. The van der Waals surface area contributed by atoms with Crippen molar-refractivity contribution in [3.63, 3.8) is 0 Å². The number of carbonyl (C=O) groups is 1. The summed E-state index contributed by atoms with van der Waals surface area (Å²) in [6.07, 6.45) is 1.28. The number of aromatic nitrogens is 2. The summed E-state index contributed by atoms with van der Waals surface area (Å²) in [5, 5.41) is 4.86. The monoisotopic (exact) mass is 484 g/mol. The molecule has 0 spiro atoms. The summed E-state index contributed by atoms with van der Waals surface area (Å²) < 4.78 is 36.1. The largest absolute Gasteiger partial charge is 0.459 e. The van der Waals surface area contributed by atoms with E-state index in [2.05, 4.69) is 9.50 Å². The maximum atomic E-state index is 13.0. The van der Waals surface area contributed by atoms with Gasteiger partial charge in [0, 0.05) is 17.7 Å². The number of hydrogen-bond donors (Lipinski definition) is 0. The highest BCUT2D eigenvalue weighted by Gasteiger charge is 2.40. The van der Waals surface area contributed by atoms with Gasteiger partial charge in [-0.25, -0.2) is 9.48 Å². The average molecular weight is 485 g/mol. The summed E-state index contributed by atoms with van der Waals surface area (Å²) in [5.74, 6) is -0.143. The number of halogens is 1. The molecule has 1 aromatic heterocycles. The van der Waals surface area contributed by atoms with Gasteiger partial charge in [0.05, 0.1) is 11.4 Å². The molecule has 1 atom stereocenters. The molecule has 0 radical (unpaired) electrons. The molecule has 3 heterocycles. The second kappa shape index (κ2) is 8.31. The Labute approximate surface area is 196 Å². The van der Waals surface area contributed by atoms with Crippen molar-refractivity contribution in [3.8, 4) is 5.69 Å². The van der Waals surface area contributed by atoms with Crippen LogP contribution in [0.25, 0.3) is 5.69 Å². The Morgan fingerprint density at radius 3 is 2.67 bits per heavy atom. The summed E-state index contributed by atoms with van der Waals surface area (Å²) in [6.45, 7) is 2.31. The zero-order chi connectivity index (χ0) is 23.2. The fourth-order valence-electron chi connectivity index (χ4n) is 4.24. The zero-order valence-electron chi connectivity index (χ0n) is 17.8. The van der Waals surface area contributed by atoms with Crippen molar-refractivity contribution in [1.29, 1.82) is 0 Å². The Morgan fingerprint density at radius 1 is 1.15 bits per heavy atom. The Morgan fingerprint density at radius 2 is 1.88 bits per heavy atom. The van der Waals surface area contributed by atoms with Gasteiger partial charge in [0.15, 0.2) is 5.84 Å². The molecule has 2 aliphatic rings. The molecule has 33 heavy (non-hydrogen) atoms. The zero-order valence-corrected chi connectivity index (χ0v) is 19.4. The van der Waals surface area contributed by atoms with Crippen molar-refractivity contribution in [2.24, 2.45) is 4.40 Å². The first-order chi connectivity index (χ1) is 15.9. The van der Waals surface area contributed by atoms with Crippen LogP contribution in [0.4, 0.5) is 0 Å². The van der Waals surface area contributed by atoms with Crippen LogP contribution < -0.4 is 0 Å². The minimum Gasteiger partial charge on any atom is -0.459 e. The van der Waals surface area contributed by atoms with E-state index in [1.165, 1.54) is 6.07 Å². The highest BCUT2D eigenvalue weighted by Crippen LogP contribution is 2.32. The van der Waals surface area contributed by atoms with Gasteiger partial charge < -0.3 is 9.64 Å². The topological polar surface area (TPSA) is 93.9 Å². The molecule has 0 unspecified atom stereocenters. The van der Waals surface area contributed by atoms with Gasteiger partial charge in [0.25, 0.3) is 10.0 Å². The first-order valence-electron chi connectivity index (χ1n) is 10.5. The first kappa shape index (κ1) is 21.7. The average Bonchev–Trinajstić information content (AvgIpc) is 3.48. The summed E-state index contributed by atoms with van der Waals surface area (Å²) >= 11 is 6.54. The van der Waals surface area contributed by atoms with Crippen molar-refractivity contribution in [3.05, 3.63) is 76.6 Å². The van der Waals surface area contributed by atoms with Crippen LogP contribution in [0, 0.1) is 6.92 Å². The van der Waals surface area contributed by atoms with Gasteiger partial charge >= 0.3 is 5.97 Å². The Hall–Kier alpha value is -3.17. The molecule has 8 nitrogen and oxygen atoms in total. The predicted octanol–water partition coefficient (Wildman–Crippen LogP) is 3.49. The fraction of sp³-hybridized carbons (Fsp3) is 0.261. The number of fused-ring (bicyclic) bond motifs is 1. The van der Waals surface area contributed by atoms with Crippen molar-refractivity contribution < 1.29 is 17.9 Å². The molecule has 1 saturated heterocycles. The van der Waals surface area contributed by atoms with Crippen molar-refractivity contribution >= 4 is 33.4 Å². The lowest BCUT2D eigenvalue weighted by Crippen LogP contribution is -2.41. The van der Waals surface area contributed by atoms with Gasteiger partial charge in [-0.1, -0.05) is 41.9 Å². The van der Waals surface area contributed by atoms with E-state index < -0.39 is 22.0 Å². The van der Waals surface area contributed by atoms with Crippen LogP contribution in [0.15, 0.2) is 63.9 Å². The van der Waals surface area contributed by atoms with E-state index in [-0.39, 0.29) is 11.5 Å². The van der Waals surface area contributed by atoms with Gasteiger partial charge in [-0.05, 0) is 44.0 Å². The molecule has 2 aromatic carbocycles. The van der Waals surface area contributed by atoms with Crippen LogP contribution >= 0.6 is 11.6 Å². The minimum atomic E-state index is -3.77. The highest BCUT2D eigenvalue weighted by molar-refractivity contribution is 7.90. The van der Waals surface area contributed by atoms with Gasteiger partial charge in [0.2, 0.25) is 0 Å². The number of benzene rings is 2. The van der Waals surface area contributed by atoms with Crippen LogP contribution in [-0.4, -0.2) is 47.5 Å². The molecule has 170 valence electrons. The number of ether oxygens (including phenoxy) is 1. The second-order valence-corrected chi connectivity index (χ2v) is 9.88. The Kier molecular flexibility index (Phi) is 5.46. The third kappa shape index (κ3) is 3.81. The predicted molar refractivity (Wildman–Crippen MR) is 123 cm³/mol. The van der Waals surface area contributed by atoms with E-state index in [1.54, 1.807) is 27.8 Å². The third-order valence-electron chi connectivity index (χ3n) is 5.89. The number of aryl methyl sites for hydroxylation is 1. The Balaban J connectivity index is 1.35. The maximum Gasteiger partial charge on any atom is 0.329 e. The molecule has 2 aliphatic heterocycles. The number of para-hydroxylation sites is 1. The molecule has 5 rings (SSSR count). The van der Waals surface area contributed by atoms with Crippen LogP contribution in [0.3, 0.4) is 0 Å². The SMILES string of the molecule is Cc1nn(-c2ccccc2)c(Cl)c1COC(=O)[C@@H]1CCCN1C1=NS(=O)(=O)c2ccccc21. The lowest BCUT2D eigenvalue weighted by atomic mass is 10.1. The summed E-state index contributed by atoms with van der Waals surface area (Å²) in [7, 11) is -3.77. The molecule has 0 N–H and O–H groups in total. The first-order valence-corrected chi connectivity index (χ1v) is 12.4. The maximum absolute atomic E-state index is 13.0. The van der Waals surface area contributed by atoms with Gasteiger partial charge in [-0.15, -0.1) is 4.40 Å². The van der Waals surface area contributed by atoms with Crippen LogP contribution in [-0.2, 0) is 26.2 Å². The standard InChI is InChI=1S/C23H21ClN4O4S/c1-15-18(21(24)28(25-15)16-8-3-2-4-9-16)14-32-23(29)19-11-7-13-27(19)22-17-10-5-6-12-20(17)33(30,31)26-22/h2-6,8-10,12,19H,7,11,13-14H2,1H3/t19-/m0/s1. The molecular weight excluding hydrogens is 464 g/mol. The van der Waals surface area contributed by atoms with E-state index in [0.717, 1.165) is 12.1 Å². The summed E-state index contributed by atoms with van der Waals surface area (Å²) in [4.78, 5) is 14.9. The lowest BCUT2D eigenvalue weighted by Gasteiger charge is -2.25. The van der Waals surface area contributed by atoms with Crippen LogP contribution in [0.2, 0.25) is 5.15 Å². The number of carbonyl (C=O) groups excluding carboxylic acids is 1. The lowest BCUT2D eigenvalue weighted by molar-refractivity contribution is -0.149. The molecule has 0 saturated carbocycles. The number of amidine groups is 1. The van der Waals surface area contributed by atoms with Gasteiger partial charge in [-0.2, -0.15) is 13.5 Å². The number of hydrogen-bond acceptors (Lipinski definition) is 6. The summed E-state index contributed by atoms with van der Waals surface area (Å²) in [5.41, 5.74) is 2.62. The van der Waals surface area contributed by atoms with Crippen LogP contribution in [0.5, 0.6) is 0 Å². The smallest absolute Gasteiger partial charge is 0.329 e. The minimum absolute atomic E-state index is 0.0258. The number of likely N-dealkylation sites (tertiary alicyclic amines) is 1. The quantitative estimate of drug-likeness (QED) is 0.526. The van der Waals surface area contributed by atoms with E-state index in [1.807, 2.05) is 37.3 Å². The van der Waals surface area contributed by atoms with E-state index >= 15 is 0 Å². The number of sulfonamides is 1. The van der Waals surface area contributed by atoms with E-state index in [0.29, 0.717) is 40.8 Å². The normalized spacial score (nSPS) is 18.8. The van der Waals surface area contributed by atoms with Crippen LogP contribution in [0.1, 0.15) is 29.7 Å². The molecule has 0 bridgehead atoms. The molecular formula is C23H21ClN4O4S. The van der Waals surface area contributed by atoms with Gasteiger partial charge in [-0.3, -0.25) is 0 Å². The highest BCUT2D eigenvalue weighted by atomic mass is 35.5. The third-order valence-corrected chi connectivity index (χ3v) is 7.60. The molecule has 0 aliphatic carbocycles. The number of nitrogens with zero attached hydrogens (tertiary/aromatic N) is 4. The Bertz CT molecular complexity index is 1370. The van der Waals surface area contributed by atoms with Gasteiger partial charge in [0.1, 0.15) is 22.7 Å².